The zero-order valence-electron chi connectivity index (χ0n) is 7.74. The third-order valence-electron chi connectivity index (χ3n) is 1.91. The number of nitrogens with two attached hydrogens (primary N) is 1. The molecule has 0 saturated carbocycles. The van der Waals surface area contributed by atoms with Gasteiger partial charge in [-0.15, -0.1) is 0 Å². The maximum Gasteiger partial charge on any atom is 0.320 e. The van der Waals surface area contributed by atoms with Crippen molar-refractivity contribution < 1.29 is 15.0 Å². The van der Waals surface area contributed by atoms with Crippen molar-refractivity contribution in [3.63, 3.8) is 0 Å². The third kappa shape index (κ3) is 2.38. The van der Waals surface area contributed by atoms with E-state index < -0.39 is 12.0 Å². The molecular formula is C10H11NO3. The largest absolute Gasteiger partial charge is 0.501 e. The monoisotopic (exact) mass is 193 g/mol. The summed E-state index contributed by atoms with van der Waals surface area (Å²) in [6, 6.07) is 5.70. The zero-order valence-corrected chi connectivity index (χ0v) is 7.74. The molecule has 14 heavy (non-hydrogen) atoms. The molecule has 1 atom stereocenters. The summed E-state index contributed by atoms with van der Waals surface area (Å²) in [4.78, 5) is 10.5. The Balaban J connectivity index is 2.82. The Hall–Kier alpha value is -1.73. The molecule has 1 unspecified atom stereocenters. The normalized spacial score (nSPS) is 11.9. The summed E-state index contributed by atoms with van der Waals surface area (Å²) >= 11 is 0. The first-order valence-corrected chi connectivity index (χ1v) is 4.11. The van der Waals surface area contributed by atoms with Crippen LogP contribution in [0.2, 0.25) is 0 Å². The zero-order chi connectivity index (χ0) is 10.7. The highest BCUT2D eigenvalue weighted by atomic mass is 16.4. The van der Waals surface area contributed by atoms with E-state index in [1.807, 2.05) is 0 Å². The summed E-state index contributed by atoms with van der Waals surface area (Å²) in [7, 11) is 0. The van der Waals surface area contributed by atoms with Crippen LogP contribution in [0.1, 0.15) is 11.1 Å². The molecule has 0 heterocycles. The third-order valence-corrected chi connectivity index (χ3v) is 1.91. The number of carboxylic acids is 1. The van der Waals surface area contributed by atoms with Crippen molar-refractivity contribution >= 4 is 5.97 Å². The number of carbonyl (C=O) groups is 1. The van der Waals surface area contributed by atoms with Gasteiger partial charge >= 0.3 is 5.97 Å². The fraction of sp³-hybridized carbons (Fsp3) is 0.300. The first-order chi connectivity index (χ1) is 6.50. The molecule has 0 aliphatic carbocycles. The average Bonchev–Trinajstić information content (AvgIpc) is 2.09. The molecule has 1 aromatic carbocycles. The molecule has 0 amide bonds. The Morgan fingerprint density at radius 1 is 1.64 bits per heavy atom. The molecule has 74 valence electrons. The smallest absolute Gasteiger partial charge is 0.320 e. The number of rotatable bonds is 3. The van der Waals surface area contributed by atoms with E-state index in [1.165, 1.54) is 6.07 Å². The molecule has 0 bridgehead atoms. The minimum atomic E-state index is -1.05. The second-order valence-electron chi connectivity index (χ2n) is 3.09. The van der Waals surface area contributed by atoms with Gasteiger partial charge in [-0.1, -0.05) is 6.07 Å². The molecule has 0 fully saturated rings. The maximum absolute atomic E-state index is 10.5. The van der Waals surface area contributed by atoms with Gasteiger partial charge in [0.25, 0.3) is 0 Å². The molecular weight excluding hydrogens is 182 g/mol. The Labute approximate surface area is 82.0 Å². The number of hydrogen-bond donors (Lipinski definition) is 3. The second-order valence-corrected chi connectivity index (χ2v) is 3.09. The lowest BCUT2D eigenvalue weighted by atomic mass is 10.0. The number of carboxylic acid groups (broad SMARTS) is 1. The second kappa shape index (κ2) is 3.99. The Morgan fingerprint density at radius 3 is 2.79 bits per heavy atom. The number of aliphatic carboxylic acids is 1. The van der Waals surface area contributed by atoms with Crippen LogP contribution >= 0.6 is 0 Å². The van der Waals surface area contributed by atoms with Crippen molar-refractivity contribution in [3.05, 3.63) is 29.3 Å². The molecule has 4 heteroatoms. The molecule has 0 saturated heterocycles. The SMILES string of the molecule is Cc1cc(O)c#cc1CC(N)C(=O)O. The first kappa shape index (κ1) is 10.4. The molecule has 0 spiro atoms. The summed E-state index contributed by atoms with van der Waals surface area (Å²) in [6.45, 7) is 1.76. The van der Waals surface area contributed by atoms with E-state index in [-0.39, 0.29) is 12.2 Å². The lowest BCUT2D eigenvalue weighted by molar-refractivity contribution is -0.138. The number of hydrogen-bond acceptors (Lipinski definition) is 3. The van der Waals surface area contributed by atoms with Crippen molar-refractivity contribution in [2.45, 2.75) is 19.4 Å². The van der Waals surface area contributed by atoms with Gasteiger partial charge in [0.05, 0.1) is 0 Å². The van der Waals surface area contributed by atoms with E-state index in [2.05, 4.69) is 12.1 Å². The van der Waals surface area contributed by atoms with Crippen molar-refractivity contribution in [2.24, 2.45) is 5.73 Å². The molecule has 1 rings (SSSR count). The highest BCUT2D eigenvalue weighted by Crippen LogP contribution is 2.12. The summed E-state index contributed by atoms with van der Waals surface area (Å²) in [5, 5.41) is 17.6. The number of aromatic hydroxyl groups is 1. The van der Waals surface area contributed by atoms with Crippen molar-refractivity contribution in [3.8, 4) is 5.75 Å². The van der Waals surface area contributed by atoms with Gasteiger partial charge in [0.2, 0.25) is 0 Å². The van der Waals surface area contributed by atoms with Crippen LogP contribution in [0.25, 0.3) is 0 Å². The standard InChI is InChI=1S/C10H11NO3/c1-6-4-8(12)3-2-7(6)5-9(11)10(13)14/h4,9,12H,5,11H2,1H3,(H,13,14). The van der Waals surface area contributed by atoms with Crippen LogP contribution in [-0.4, -0.2) is 22.2 Å². The fourth-order valence-corrected chi connectivity index (χ4v) is 1.09. The van der Waals surface area contributed by atoms with Crippen LogP contribution in [0, 0.1) is 19.1 Å². The van der Waals surface area contributed by atoms with E-state index in [9.17, 15) is 4.79 Å². The minimum absolute atomic E-state index is 0.00449. The lowest BCUT2D eigenvalue weighted by Crippen LogP contribution is -2.32. The summed E-state index contributed by atoms with van der Waals surface area (Å²) in [5.74, 6) is -1.05. The maximum atomic E-state index is 10.5. The van der Waals surface area contributed by atoms with Crippen molar-refractivity contribution in [1.82, 2.24) is 0 Å². The average molecular weight is 193 g/mol. The van der Waals surface area contributed by atoms with Gasteiger partial charge in [0.1, 0.15) is 6.04 Å². The van der Waals surface area contributed by atoms with E-state index >= 15 is 0 Å². The van der Waals surface area contributed by atoms with Crippen LogP contribution in [-0.2, 0) is 11.2 Å². The van der Waals surface area contributed by atoms with Gasteiger partial charge in [0, 0.05) is 12.0 Å². The number of aryl methyl sites for hydroxylation is 1. The van der Waals surface area contributed by atoms with Crippen molar-refractivity contribution in [2.75, 3.05) is 0 Å². The van der Waals surface area contributed by atoms with Crippen molar-refractivity contribution in [1.29, 1.82) is 0 Å². The highest BCUT2D eigenvalue weighted by molar-refractivity contribution is 5.73. The van der Waals surface area contributed by atoms with Gasteiger partial charge < -0.3 is 15.9 Å². The van der Waals surface area contributed by atoms with Crippen LogP contribution in [0.15, 0.2) is 6.07 Å². The van der Waals surface area contributed by atoms with Crippen LogP contribution in [0.5, 0.6) is 5.75 Å². The summed E-state index contributed by atoms with van der Waals surface area (Å²) in [6.07, 6.45) is 0.192. The van der Waals surface area contributed by atoms with E-state index in [1.54, 1.807) is 6.92 Å². The summed E-state index contributed by atoms with van der Waals surface area (Å²) in [5.41, 5.74) is 6.79. The van der Waals surface area contributed by atoms with Gasteiger partial charge in [-0.2, -0.15) is 0 Å². The van der Waals surface area contributed by atoms with Gasteiger partial charge in [-0.05, 0) is 24.6 Å². The minimum Gasteiger partial charge on any atom is -0.501 e. The van der Waals surface area contributed by atoms with Gasteiger partial charge in [0.15, 0.2) is 5.75 Å². The van der Waals surface area contributed by atoms with E-state index in [0.717, 1.165) is 5.56 Å². The molecule has 4 N–H and O–H groups in total. The Kier molecular flexibility index (Phi) is 2.95. The first-order valence-electron chi connectivity index (χ1n) is 4.11. The Morgan fingerprint density at radius 2 is 2.29 bits per heavy atom. The quantitative estimate of drug-likeness (QED) is 0.642. The van der Waals surface area contributed by atoms with Gasteiger partial charge in [-0.25, -0.2) is 0 Å². The lowest BCUT2D eigenvalue weighted by Gasteiger charge is -2.06. The van der Waals surface area contributed by atoms with E-state index in [0.29, 0.717) is 5.56 Å². The van der Waals surface area contributed by atoms with E-state index in [4.69, 9.17) is 15.9 Å². The molecule has 1 aromatic rings. The van der Waals surface area contributed by atoms with Gasteiger partial charge in [-0.3, -0.25) is 4.79 Å². The Bertz CT molecular complexity index is 349. The molecule has 4 nitrogen and oxygen atoms in total. The molecule has 0 aromatic heterocycles. The molecule has 0 radical (unpaired) electrons. The van der Waals surface area contributed by atoms with Crippen LogP contribution in [0.4, 0.5) is 0 Å². The topological polar surface area (TPSA) is 83.5 Å². The fourth-order valence-electron chi connectivity index (χ4n) is 1.09. The van der Waals surface area contributed by atoms with Crippen LogP contribution in [0.3, 0.4) is 0 Å². The molecule has 0 aliphatic heterocycles. The predicted molar refractivity (Wildman–Crippen MR) is 49.8 cm³/mol. The van der Waals surface area contributed by atoms with Crippen LogP contribution < -0.4 is 5.73 Å². The summed E-state index contributed by atoms with van der Waals surface area (Å²) < 4.78 is 0. The molecule has 0 aliphatic rings. The highest BCUT2D eigenvalue weighted by Gasteiger charge is 2.13. The predicted octanol–water partition coefficient (Wildman–Crippen LogP) is 0.255.